The Labute approximate surface area is 328 Å². The van der Waals surface area contributed by atoms with E-state index in [1.165, 1.54) is 141 Å². The smallest absolute Gasteiger partial charge is 0.306 e. The topological polar surface area (TPSA) is 78.9 Å². The van der Waals surface area contributed by atoms with Crippen molar-refractivity contribution in [3.8, 4) is 0 Å². The molecule has 0 aromatic rings. The molecule has 0 aromatic carbocycles. The number of esters is 3. The van der Waals surface area contributed by atoms with Crippen LogP contribution in [0.5, 0.6) is 0 Å². The molecule has 0 saturated heterocycles. The Morgan fingerprint density at radius 3 is 1.15 bits per heavy atom. The van der Waals surface area contributed by atoms with Crippen molar-refractivity contribution in [2.75, 3.05) is 13.2 Å². The second-order valence-electron chi connectivity index (χ2n) is 15.3. The lowest BCUT2D eigenvalue weighted by Crippen LogP contribution is -2.30. The highest BCUT2D eigenvalue weighted by molar-refractivity contribution is 5.71. The minimum atomic E-state index is -0.784. The summed E-state index contributed by atoms with van der Waals surface area (Å²) in [7, 11) is 0. The van der Waals surface area contributed by atoms with E-state index in [2.05, 4.69) is 39.0 Å². The van der Waals surface area contributed by atoms with E-state index >= 15 is 0 Å². The fraction of sp³-hybridized carbons (Fsp3) is 0.851. The number of ether oxygens (including phenoxy) is 3. The molecule has 6 nitrogen and oxygen atoms in total. The van der Waals surface area contributed by atoms with Crippen LogP contribution in [0.15, 0.2) is 24.3 Å². The molecule has 310 valence electrons. The van der Waals surface area contributed by atoms with Gasteiger partial charge in [0.15, 0.2) is 6.10 Å². The van der Waals surface area contributed by atoms with Crippen molar-refractivity contribution in [2.45, 2.75) is 245 Å². The molecular weight excluding hydrogens is 661 g/mol. The minimum absolute atomic E-state index is 0.0852. The molecule has 6 heteroatoms. The fourth-order valence-corrected chi connectivity index (χ4v) is 6.49. The fourth-order valence-electron chi connectivity index (χ4n) is 6.49. The predicted octanol–water partition coefficient (Wildman–Crippen LogP) is 14.4. The van der Waals surface area contributed by atoms with Crippen LogP contribution in [0, 0.1) is 0 Å². The Morgan fingerprint density at radius 2 is 0.717 bits per heavy atom. The molecule has 0 saturated carbocycles. The first-order chi connectivity index (χ1) is 26.0. The molecule has 0 aromatic heterocycles. The highest BCUT2D eigenvalue weighted by atomic mass is 16.6. The summed E-state index contributed by atoms with van der Waals surface area (Å²) in [4.78, 5) is 37.5. The molecule has 0 bridgehead atoms. The van der Waals surface area contributed by atoms with E-state index in [1.54, 1.807) is 0 Å². The highest BCUT2D eigenvalue weighted by Gasteiger charge is 2.19. The van der Waals surface area contributed by atoms with Crippen molar-refractivity contribution in [3.63, 3.8) is 0 Å². The average Bonchev–Trinajstić information content (AvgIpc) is 3.15. The zero-order valence-corrected chi connectivity index (χ0v) is 35.3. The van der Waals surface area contributed by atoms with Gasteiger partial charge in [-0.05, 0) is 38.5 Å². The Kier molecular flexibility index (Phi) is 40.9. The SMILES string of the molecule is CCCCCCCCCCC=CCC=CCCC(=O)OCC(COC(=O)CCCCCCCCC)OC(=O)CCCCCCCCCCCCCCC. The van der Waals surface area contributed by atoms with E-state index in [-0.39, 0.29) is 37.5 Å². The van der Waals surface area contributed by atoms with Crippen LogP contribution in [-0.2, 0) is 28.6 Å². The van der Waals surface area contributed by atoms with Crippen molar-refractivity contribution in [3.05, 3.63) is 24.3 Å². The number of allylic oxidation sites excluding steroid dienone is 4. The lowest BCUT2D eigenvalue weighted by Gasteiger charge is -2.18. The van der Waals surface area contributed by atoms with Crippen LogP contribution in [0.4, 0.5) is 0 Å². The van der Waals surface area contributed by atoms with Crippen LogP contribution in [0.2, 0.25) is 0 Å². The van der Waals surface area contributed by atoms with Crippen molar-refractivity contribution in [1.29, 1.82) is 0 Å². The number of unbranched alkanes of at least 4 members (excludes halogenated alkanes) is 26. The van der Waals surface area contributed by atoms with Gasteiger partial charge in [-0.25, -0.2) is 0 Å². The van der Waals surface area contributed by atoms with Gasteiger partial charge < -0.3 is 14.2 Å². The Hall–Kier alpha value is -2.11. The second kappa shape index (κ2) is 42.6. The van der Waals surface area contributed by atoms with E-state index in [0.29, 0.717) is 19.3 Å². The highest BCUT2D eigenvalue weighted by Crippen LogP contribution is 2.15. The molecule has 0 aliphatic carbocycles. The van der Waals surface area contributed by atoms with Gasteiger partial charge in [-0.1, -0.05) is 206 Å². The zero-order chi connectivity index (χ0) is 38.7. The number of carbonyl (C=O) groups excluding carboxylic acids is 3. The molecular formula is C47H86O6. The van der Waals surface area contributed by atoms with E-state index in [4.69, 9.17) is 14.2 Å². The van der Waals surface area contributed by atoms with Crippen molar-refractivity contribution >= 4 is 17.9 Å². The van der Waals surface area contributed by atoms with Crippen LogP contribution in [-0.4, -0.2) is 37.2 Å². The number of carbonyl (C=O) groups is 3. The number of rotatable bonds is 41. The van der Waals surface area contributed by atoms with Gasteiger partial charge in [0.1, 0.15) is 13.2 Å². The van der Waals surface area contributed by atoms with Gasteiger partial charge in [0, 0.05) is 19.3 Å². The molecule has 0 rings (SSSR count). The Bertz CT molecular complexity index is 865. The van der Waals surface area contributed by atoms with E-state index in [1.807, 2.05) is 6.08 Å². The molecule has 53 heavy (non-hydrogen) atoms. The Balaban J connectivity index is 4.35. The predicted molar refractivity (Wildman–Crippen MR) is 224 cm³/mol. The molecule has 0 amide bonds. The van der Waals surface area contributed by atoms with Crippen molar-refractivity contribution in [2.24, 2.45) is 0 Å². The summed E-state index contributed by atoms with van der Waals surface area (Å²) >= 11 is 0. The van der Waals surface area contributed by atoms with Crippen LogP contribution in [0.1, 0.15) is 239 Å². The quantitative estimate of drug-likeness (QED) is 0.0268. The average molecular weight is 747 g/mol. The molecule has 1 unspecified atom stereocenters. The van der Waals surface area contributed by atoms with Crippen molar-refractivity contribution < 1.29 is 28.6 Å². The first-order valence-electron chi connectivity index (χ1n) is 22.8. The third-order valence-corrected chi connectivity index (χ3v) is 9.97. The summed E-state index contributed by atoms with van der Waals surface area (Å²) in [6.45, 7) is 6.54. The van der Waals surface area contributed by atoms with Gasteiger partial charge in [0.2, 0.25) is 0 Å². The van der Waals surface area contributed by atoms with E-state index < -0.39 is 6.10 Å². The summed E-state index contributed by atoms with van der Waals surface area (Å²) in [5.74, 6) is -0.957. The molecule has 0 fully saturated rings. The first kappa shape index (κ1) is 50.9. The molecule has 0 aliphatic heterocycles. The Morgan fingerprint density at radius 1 is 0.377 bits per heavy atom. The standard InChI is InChI=1S/C47H86O6/c1-4-7-10-13-16-18-20-22-23-25-26-28-31-34-37-40-46(49)52-43-44(42-51-45(48)39-36-33-30-15-12-9-6-3)53-47(50)41-38-35-32-29-27-24-21-19-17-14-11-8-5-2/h25-26,31,34,44H,4-24,27-30,32-33,35-43H2,1-3H3. The molecule has 1 atom stereocenters. The van der Waals surface area contributed by atoms with Gasteiger partial charge in [-0.15, -0.1) is 0 Å². The minimum Gasteiger partial charge on any atom is -0.462 e. The number of hydrogen-bond acceptors (Lipinski definition) is 6. The van der Waals surface area contributed by atoms with E-state index in [9.17, 15) is 14.4 Å². The summed E-state index contributed by atoms with van der Waals surface area (Å²) in [5, 5.41) is 0. The third kappa shape index (κ3) is 40.9. The van der Waals surface area contributed by atoms with Crippen molar-refractivity contribution in [1.82, 2.24) is 0 Å². The maximum absolute atomic E-state index is 12.7. The van der Waals surface area contributed by atoms with E-state index in [0.717, 1.165) is 51.4 Å². The maximum atomic E-state index is 12.7. The molecule has 0 spiro atoms. The molecule has 0 aliphatic rings. The summed E-state index contributed by atoms with van der Waals surface area (Å²) < 4.78 is 16.6. The summed E-state index contributed by atoms with van der Waals surface area (Å²) in [6, 6.07) is 0. The van der Waals surface area contributed by atoms with Gasteiger partial charge in [-0.2, -0.15) is 0 Å². The van der Waals surface area contributed by atoms with Crippen LogP contribution in [0.3, 0.4) is 0 Å². The van der Waals surface area contributed by atoms with Crippen LogP contribution < -0.4 is 0 Å². The summed E-state index contributed by atoms with van der Waals surface area (Å²) in [5.41, 5.74) is 0. The van der Waals surface area contributed by atoms with Gasteiger partial charge in [-0.3, -0.25) is 14.4 Å². The molecule has 0 heterocycles. The van der Waals surface area contributed by atoms with Gasteiger partial charge in [0.05, 0.1) is 0 Å². The molecule has 0 N–H and O–H groups in total. The van der Waals surface area contributed by atoms with Gasteiger partial charge in [0.25, 0.3) is 0 Å². The zero-order valence-electron chi connectivity index (χ0n) is 35.3. The summed E-state index contributed by atoms with van der Waals surface area (Å²) in [6.07, 6.45) is 46.1. The second-order valence-corrected chi connectivity index (χ2v) is 15.3. The normalized spacial score (nSPS) is 12.1. The number of hydrogen-bond donors (Lipinski definition) is 0. The maximum Gasteiger partial charge on any atom is 0.306 e. The lowest BCUT2D eigenvalue weighted by atomic mass is 10.0. The first-order valence-corrected chi connectivity index (χ1v) is 22.8. The van der Waals surface area contributed by atoms with Crippen LogP contribution in [0.25, 0.3) is 0 Å². The van der Waals surface area contributed by atoms with Gasteiger partial charge >= 0.3 is 17.9 Å². The van der Waals surface area contributed by atoms with Crippen LogP contribution >= 0.6 is 0 Å². The largest absolute Gasteiger partial charge is 0.462 e. The third-order valence-electron chi connectivity index (χ3n) is 9.97. The molecule has 0 radical (unpaired) electrons. The monoisotopic (exact) mass is 747 g/mol. The lowest BCUT2D eigenvalue weighted by molar-refractivity contribution is -0.166.